The number of hydrogen-bond acceptors (Lipinski definition) is 6. The smallest absolute Gasteiger partial charge is 0.203 e. The van der Waals surface area contributed by atoms with Crippen LogP contribution in [0.3, 0.4) is 0 Å². The minimum atomic E-state index is -0.686. The summed E-state index contributed by atoms with van der Waals surface area (Å²) in [6, 6.07) is 15.6. The van der Waals surface area contributed by atoms with Crippen LogP contribution in [0, 0.1) is 0 Å². The highest BCUT2D eigenvalue weighted by Crippen LogP contribution is 2.36. The monoisotopic (exact) mass is 373 g/mol. The van der Waals surface area contributed by atoms with Gasteiger partial charge in [0.1, 0.15) is 6.61 Å². The van der Waals surface area contributed by atoms with Crippen LogP contribution in [-0.4, -0.2) is 46.6 Å². The summed E-state index contributed by atoms with van der Waals surface area (Å²) >= 11 is 0. The van der Waals surface area contributed by atoms with E-state index < -0.39 is 5.79 Å². The fourth-order valence-electron chi connectivity index (χ4n) is 3.08. The number of para-hydroxylation sites is 1. The van der Waals surface area contributed by atoms with Gasteiger partial charge in [0.05, 0.1) is 26.9 Å². The van der Waals surface area contributed by atoms with Gasteiger partial charge in [0.25, 0.3) is 0 Å². The summed E-state index contributed by atoms with van der Waals surface area (Å²) in [4.78, 5) is 0. The Morgan fingerprint density at radius 3 is 2.41 bits per heavy atom. The molecule has 0 spiro atoms. The molecule has 1 aliphatic rings. The van der Waals surface area contributed by atoms with Crippen LogP contribution in [0.5, 0.6) is 17.2 Å². The second kappa shape index (κ2) is 9.08. The van der Waals surface area contributed by atoms with Crippen LogP contribution in [0.15, 0.2) is 48.5 Å². The van der Waals surface area contributed by atoms with Gasteiger partial charge in [0.2, 0.25) is 5.75 Å². The van der Waals surface area contributed by atoms with Crippen LogP contribution in [-0.2, 0) is 15.3 Å². The molecule has 1 saturated heterocycles. The molecule has 146 valence electrons. The van der Waals surface area contributed by atoms with E-state index in [4.69, 9.17) is 23.7 Å². The Bertz CT molecular complexity index is 702. The summed E-state index contributed by atoms with van der Waals surface area (Å²) in [5, 5.41) is 3.35. The number of nitrogens with one attached hydrogen (secondary N) is 1. The third-order valence-corrected chi connectivity index (χ3v) is 4.51. The molecular weight excluding hydrogens is 346 g/mol. The molecule has 6 heteroatoms. The number of benzene rings is 2. The van der Waals surface area contributed by atoms with Crippen molar-refractivity contribution in [1.29, 1.82) is 0 Å². The molecule has 0 amide bonds. The highest BCUT2D eigenvalue weighted by Gasteiger charge is 2.38. The van der Waals surface area contributed by atoms with Gasteiger partial charge < -0.3 is 29.0 Å². The van der Waals surface area contributed by atoms with Crippen molar-refractivity contribution < 1.29 is 23.7 Å². The maximum Gasteiger partial charge on any atom is 0.203 e. The molecule has 0 aliphatic carbocycles. The molecule has 27 heavy (non-hydrogen) atoms. The van der Waals surface area contributed by atoms with Crippen LogP contribution in [0.4, 0.5) is 0 Å². The summed E-state index contributed by atoms with van der Waals surface area (Å²) < 4.78 is 28.5. The standard InChI is InChI=1S/C21H27NO5/c1-21(16-8-5-4-6-9-16)26-15-17(27-21)14-22-12-13-25-20-18(23-2)10-7-11-19(20)24-3/h4-11,17,22H,12-15H2,1-3H3/t17-,21-/m0/s1. The van der Waals surface area contributed by atoms with Gasteiger partial charge >= 0.3 is 0 Å². The first-order chi connectivity index (χ1) is 13.2. The largest absolute Gasteiger partial charge is 0.493 e. The molecule has 0 unspecified atom stereocenters. The van der Waals surface area contributed by atoms with Gasteiger partial charge in [-0.2, -0.15) is 0 Å². The lowest BCUT2D eigenvalue weighted by Gasteiger charge is -2.23. The molecular formula is C21H27NO5. The van der Waals surface area contributed by atoms with Crippen LogP contribution in [0.25, 0.3) is 0 Å². The zero-order valence-electron chi connectivity index (χ0n) is 16.1. The molecule has 2 aromatic carbocycles. The second-order valence-electron chi connectivity index (χ2n) is 6.41. The Morgan fingerprint density at radius 1 is 1.04 bits per heavy atom. The van der Waals surface area contributed by atoms with Crippen LogP contribution >= 0.6 is 0 Å². The van der Waals surface area contributed by atoms with E-state index in [0.29, 0.717) is 43.6 Å². The number of ether oxygens (including phenoxy) is 5. The normalized spacial score (nSPS) is 21.8. The molecule has 0 aromatic heterocycles. The van der Waals surface area contributed by atoms with Crippen LogP contribution in [0.1, 0.15) is 12.5 Å². The van der Waals surface area contributed by atoms with Crippen LogP contribution in [0.2, 0.25) is 0 Å². The van der Waals surface area contributed by atoms with E-state index in [-0.39, 0.29) is 6.10 Å². The summed E-state index contributed by atoms with van der Waals surface area (Å²) in [5.74, 6) is 1.23. The topological polar surface area (TPSA) is 58.2 Å². The number of methoxy groups -OCH3 is 2. The molecule has 1 N–H and O–H groups in total. The van der Waals surface area contributed by atoms with E-state index in [1.165, 1.54) is 0 Å². The van der Waals surface area contributed by atoms with E-state index in [1.807, 2.05) is 55.5 Å². The SMILES string of the molecule is COc1cccc(OC)c1OCCNC[C@H]1CO[C@](C)(c2ccccc2)O1. The quantitative estimate of drug-likeness (QED) is 0.682. The molecule has 1 heterocycles. The van der Waals surface area contributed by atoms with Gasteiger partial charge in [-0.3, -0.25) is 0 Å². The van der Waals surface area contributed by atoms with Crippen molar-refractivity contribution in [2.24, 2.45) is 0 Å². The summed E-state index contributed by atoms with van der Waals surface area (Å²) in [6.45, 7) is 4.36. The number of rotatable bonds is 9. The molecule has 0 bridgehead atoms. The average molecular weight is 373 g/mol. The first-order valence-electron chi connectivity index (χ1n) is 9.08. The fourth-order valence-corrected chi connectivity index (χ4v) is 3.08. The van der Waals surface area contributed by atoms with E-state index >= 15 is 0 Å². The Morgan fingerprint density at radius 2 is 1.74 bits per heavy atom. The van der Waals surface area contributed by atoms with E-state index in [2.05, 4.69) is 5.32 Å². The van der Waals surface area contributed by atoms with Crippen molar-refractivity contribution in [3.63, 3.8) is 0 Å². The lowest BCUT2D eigenvalue weighted by molar-refractivity contribution is -0.161. The Labute approximate surface area is 160 Å². The lowest BCUT2D eigenvalue weighted by atomic mass is 10.1. The highest BCUT2D eigenvalue weighted by molar-refractivity contribution is 5.51. The molecule has 1 aliphatic heterocycles. The summed E-state index contributed by atoms with van der Waals surface area (Å²) in [5.41, 5.74) is 1.03. The van der Waals surface area contributed by atoms with E-state index in [9.17, 15) is 0 Å². The van der Waals surface area contributed by atoms with Crippen molar-refractivity contribution in [2.75, 3.05) is 40.5 Å². The predicted molar refractivity (Wildman–Crippen MR) is 103 cm³/mol. The summed E-state index contributed by atoms with van der Waals surface area (Å²) in [6.07, 6.45) is -0.00370. The average Bonchev–Trinajstić information content (AvgIpc) is 3.10. The van der Waals surface area contributed by atoms with Gasteiger partial charge in [0.15, 0.2) is 17.3 Å². The van der Waals surface area contributed by atoms with E-state index in [1.54, 1.807) is 14.2 Å². The van der Waals surface area contributed by atoms with Crippen molar-refractivity contribution >= 4 is 0 Å². The third kappa shape index (κ3) is 4.71. The molecule has 6 nitrogen and oxygen atoms in total. The van der Waals surface area contributed by atoms with Gasteiger partial charge in [-0.25, -0.2) is 0 Å². The van der Waals surface area contributed by atoms with Crippen LogP contribution < -0.4 is 19.5 Å². The van der Waals surface area contributed by atoms with Gasteiger partial charge in [0, 0.05) is 18.7 Å². The van der Waals surface area contributed by atoms with Gasteiger partial charge in [-0.05, 0) is 19.1 Å². The van der Waals surface area contributed by atoms with Crippen molar-refractivity contribution in [3.05, 3.63) is 54.1 Å². The molecule has 2 atom stereocenters. The first-order valence-corrected chi connectivity index (χ1v) is 9.08. The highest BCUT2D eigenvalue weighted by atomic mass is 16.7. The summed E-state index contributed by atoms with van der Waals surface area (Å²) in [7, 11) is 3.22. The zero-order chi connectivity index (χ0) is 19.1. The van der Waals surface area contributed by atoms with Crippen molar-refractivity contribution in [1.82, 2.24) is 5.32 Å². The lowest BCUT2D eigenvalue weighted by Crippen LogP contribution is -2.33. The first kappa shape index (κ1) is 19.5. The Kier molecular flexibility index (Phi) is 6.55. The maximum atomic E-state index is 6.11. The number of hydrogen-bond donors (Lipinski definition) is 1. The minimum absolute atomic E-state index is 0.00370. The molecule has 0 saturated carbocycles. The van der Waals surface area contributed by atoms with Gasteiger partial charge in [-0.15, -0.1) is 0 Å². The predicted octanol–water partition coefficient (Wildman–Crippen LogP) is 2.96. The fraction of sp³-hybridized carbons (Fsp3) is 0.429. The van der Waals surface area contributed by atoms with E-state index in [0.717, 1.165) is 5.56 Å². The zero-order valence-corrected chi connectivity index (χ0v) is 16.1. The Balaban J connectivity index is 1.43. The molecule has 1 fully saturated rings. The minimum Gasteiger partial charge on any atom is -0.493 e. The Hall–Kier alpha value is -2.28. The van der Waals surface area contributed by atoms with Gasteiger partial charge in [-0.1, -0.05) is 36.4 Å². The molecule has 3 rings (SSSR count). The molecule has 2 aromatic rings. The van der Waals surface area contributed by atoms with Crippen molar-refractivity contribution in [2.45, 2.75) is 18.8 Å². The second-order valence-corrected chi connectivity index (χ2v) is 6.41. The third-order valence-electron chi connectivity index (χ3n) is 4.51. The molecule has 0 radical (unpaired) electrons. The van der Waals surface area contributed by atoms with Crippen molar-refractivity contribution in [3.8, 4) is 17.2 Å². The maximum absolute atomic E-state index is 6.11.